The van der Waals surface area contributed by atoms with Gasteiger partial charge in [-0.15, -0.1) is 11.3 Å². The minimum Gasteiger partial charge on any atom is -0.256 e. The summed E-state index contributed by atoms with van der Waals surface area (Å²) in [6, 6.07) is 44.1. The highest BCUT2D eigenvalue weighted by Gasteiger charge is 2.13. The number of rotatable bonds is 2. The summed E-state index contributed by atoms with van der Waals surface area (Å²) in [5.41, 5.74) is 6.97. The van der Waals surface area contributed by atoms with Crippen LogP contribution in [0.3, 0.4) is 0 Å². The van der Waals surface area contributed by atoms with Crippen LogP contribution in [-0.2, 0) is 0 Å². The summed E-state index contributed by atoms with van der Waals surface area (Å²) in [6.45, 7) is 0. The van der Waals surface area contributed by atoms with Crippen LogP contribution in [-0.4, -0.2) is 9.97 Å². The molecule has 41 heavy (non-hydrogen) atoms. The molecule has 3 aromatic heterocycles. The molecule has 0 bridgehead atoms. The highest BCUT2D eigenvalue weighted by molar-refractivity contribution is 7.25. The monoisotopic (exact) mass is 538 g/mol. The molecule has 0 unspecified atom stereocenters. The van der Waals surface area contributed by atoms with Gasteiger partial charge >= 0.3 is 0 Å². The Morgan fingerprint density at radius 3 is 1.78 bits per heavy atom. The maximum absolute atomic E-state index is 4.78. The van der Waals surface area contributed by atoms with E-state index in [2.05, 4.69) is 109 Å². The molecule has 0 N–H and O–H groups in total. The maximum Gasteiger partial charge on any atom is 0.0786 e. The molecule has 9 aromatic rings. The van der Waals surface area contributed by atoms with Gasteiger partial charge in [-0.05, 0) is 75.5 Å². The van der Waals surface area contributed by atoms with E-state index in [1.165, 1.54) is 69.4 Å². The molecule has 0 saturated heterocycles. The van der Waals surface area contributed by atoms with Crippen LogP contribution < -0.4 is 0 Å². The quantitative estimate of drug-likeness (QED) is 0.205. The Hall–Kier alpha value is -5.12. The van der Waals surface area contributed by atoms with Crippen LogP contribution in [0, 0.1) is 0 Å². The second kappa shape index (κ2) is 8.69. The Labute approximate surface area is 240 Å². The van der Waals surface area contributed by atoms with Crippen molar-refractivity contribution < 1.29 is 0 Å². The normalized spacial score (nSPS) is 11.9. The smallest absolute Gasteiger partial charge is 0.0786 e. The van der Waals surface area contributed by atoms with Crippen molar-refractivity contribution >= 4 is 74.9 Å². The lowest BCUT2D eigenvalue weighted by molar-refractivity contribution is 1.43. The molecule has 0 atom stereocenters. The lowest BCUT2D eigenvalue weighted by Crippen LogP contribution is -1.86. The van der Waals surface area contributed by atoms with Crippen LogP contribution in [0.2, 0.25) is 0 Å². The van der Waals surface area contributed by atoms with Gasteiger partial charge in [0.2, 0.25) is 0 Å². The number of fused-ring (bicyclic) bond motifs is 9. The zero-order valence-corrected chi connectivity index (χ0v) is 22.8. The first-order valence-electron chi connectivity index (χ1n) is 13.8. The molecule has 0 aliphatic rings. The van der Waals surface area contributed by atoms with E-state index in [-0.39, 0.29) is 0 Å². The van der Waals surface area contributed by atoms with E-state index in [1.807, 2.05) is 35.9 Å². The van der Waals surface area contributed by atoms with E-state index in [0.29, 0.717) is 0 Å². The predicted octanol–water partition coefficient (Wildman–Crippen LogP) is 10.8. The summed E-state index contributed by atoms with van der Waals surface area (Å²) < 4.78 is 2.61. The fraction of sp³-hybridized carbons (Fsp3) is 0. The molecule has 9 rings (SSSR count). The van der Waals surface area contributed by atoms with Gasteiger partial charge in [-0.1, -0.05) is 78.9 Å². The Bertz CT molecular complexity index is 2490. The second-order valence-corrected chi connectivity index (χ2v) is 11.7. The molecule has 0 aliphatic heterocycles. The number of benzene rings is 6. The second-order valence-electron chi connectivity index (χ2n) is 10.6. The van der Waals surface area contributed by atoms with Crippen molar-refractivity contribution in [2.75, 3.05) is 0 Å². The van der Waals surface area contributed by atoms with E-state index in [4.69, 9.17) is 9.97 Å². The average Bonchev–Trinajstić information content (AvgIpc) is 3.41. The largest absolute Gasteiger partial charge is 0.256 e. The molecular formula is C38H22N2S. The van der Waals surface area contributed by atoms with Crippen LogP contribution in [0.15, 0.2) is 134 Å². The fourth-order valence-electron chi connectivity index (χ4n) is 6.32. The molecule has 190 valence electrons. The molecule has 0 aliphatic carbocycles. The van der Waals surface area contributed by atoms with Crippen LogP contribution in [0.1, 0.15) is 0 Å². The number of nitrogens with zero attached hydrogens (tertiary/aromatic N) is 2. The van der Waals surface area contributed by atoms with E-state index < -0.39 is 0 Å². The third-order valence-corrected chi connectivity index (χ3v) is 9.47. The van der Waals surface area contributed by atoms with Crippen LogP contribution >= 0.6 is 11.3 Å². The van der Waals surface area contributed by atoms with Gasteiger partial charge in [0, 0.05) is 54.1 Å². The number of hydrogen-bond acceptors (Lipinski definition) is 3. The molecule has 3 heterocycles. The summed E-state index contributed by atoms with van der Waals surface area (Å²) >= 11 is 1.86. The van der Waals surface area contributed by atoms with Crippen molar-refractivity contribution in [1.29, 1.82) is 0 Å². The summed E-state index contributed by atoms with van der Waals surface area (Å²) in [6.07, 6.45) is 3.77. The van der Waals surface area contributed by atoms with Gasteiger partial charge in [0.05, 0.1) is 11.0 Å². The van der Waals surface area contributed by atoms with Crippen molar-refractivity contribution in [2.24, 2.45) is 0 Å². The van der Waals surface area contributed by atoms with Crippen LogP contribution in [0.5, 0.6) is 0 Å². The topological polar surface area (TPSA) is 25.8 Å². The zero-order valence-electron chi connectivity index (χ0n) is 22.0. The first kappa shape index (κ1) is 22.7. The van der Waals surface area contributed by atoms with Crippen molar-refractivity contribution in [1.82, 2.24) is 9.97 Å². The molecule has 0 saturated carbocycles. The maximum atomic E-state index is 4.78. The zero-order chi connectivity index (χ0) is 26.9. The molecule has 2 nitrogen and oxygen atoms in total. The van der Waals surface area contributed by atoms with Crippen LogP contribution in [0.25, 0.3) is 85.8 Å². The van der Waals surface area contributed by atoms with Crippen molar-refractivity contribution in [2.45, 2.75) is 0 Å². The summed E-state index contributed by atoms with van der Waals surface area (Å²) in [4.78, 5) is 9.48. The fourth-order valence-corrected chi connectivity index (χ4v) is 7.39. The van der Waals surface area contributed by atoms with Gasteiger partial charge in [0.15, 0.2) is 0 Å². The first-order valence-corrected chi connectivity index (χ1v) is 14.6. The lowest BCUT2D eigenvalue weighted by atomic mass is 9.94. The third-order valence-electron chi connectivity index (χ3n) is 8.32. The first-order chi connectivity index (χ1) is 20.3. The average molecular weight is 539 g/mol. The van der Waals surface area contributed by atoms with Gasteiger partial charge in [-0.25, -0.2) is 0 Å². The summed E-state index contributed by atoms with van der Waals surface area (Å²) in [5, 5.41) is 9.74. The van der Waals surface area contributed by atoms with Gasteiger partial charge in [-0.2, -0.15) is 0 Å². The summed E-state index contributed by atoms with van der Waals surface area (Å²) in [5.74, 6) is 0. The highest BCUT2D eigenvalue weighted by Crippen LogP contribution is 2.41. The molecule has 6 aromatic carbocycles. The van der Waals surface area contributed by atoms with E-state index in [1.54, 1.807) is 0 Å². The Kier molecular flexibility index (Phi) is 4.80. The number of pyridine rings is 2. The van der Waals surface area contributed by atoms with Gasteiger partial charge in [0.1, 0.15) is 0 Å². The Morgan fingerprint density at radius 1 is 0.415 bits per heavy atom. The summed E-state index contributed by atoms with van der Waals surface area (Å²) in [7, 11) is 0. The van der Waals surface area contributed by atoms with Crippen molar-refractivity contribution in [3.05, 3.63) is 134 Å². The predicted molar refractivity (Wildman–Crippen MR) is 176 cm³/mol. The van der Waals surface area contributed by atoms with E-state index in [0.717, 1.165) is 16.4 Å². The van der Waals surface area contributed by atoms with E-state index in [9.17, 15) is 0 Å². The molecule has 0 fully saturated rings. The van der Waals surface area contributed by atoms with Crippen molar-refractivity contribution in [3.8, 4) is 22.3 Å². The molecule has 3 heteroatoms. The Morgan fingerprint density at radius 2 is 0.976 bits per heavy atom. The molecular weight excluding hydrogens is 516 g/mol. The minimum atomic E-state index is 1.05. The number of aromatic nitrogens is 2. The SMILES string of the molecule is c1cnc2c(c1)ccc1ccc(-c3ccc4sc5ccc(-c6cccc7ccc8cccnc8c67)cc5c4c3)cc12. The molecule has 0 spiro atoms. The van der Waals surface area contributed by atoms with Crippen LogP contribution in [0.4, 0.5) is 0 Å². The lowest BCUT2D eigenvalue weighted by Gasteiger charge is -2.10. The van der Waals surface area contributed by atoms with Gasteiger partial charge in [0.25, 0.3) is 0 Å². The van der Waals surface area contributed by atoms with E-state index >= 15 is 0 Å². The number of hydrogen-bond donors (Lipinski definition) is 0. The third kappa shape index (κ3) is 3.49. The van der Waals surface area contributed by atoms with Gasteiger partial charge < -0.3 is 0 Å². The van der Waals surface area contributed by atoms with Gasteiger partial charge in [-0.3, -0.25) is 9.97 Å². The standard InChI is InChI=1S/C38H22N2S/c1-4-24-10-12-26-6-3-19-40-38(26)36(24)30(7-1)29-15-17-35-33(22-29)32-21-28(14-16-34(32)41-35)27-13-9-23-8-11-25-5-2-18-39-37(25)31(23)20-27/h1-22H. The Balaban J connectivity index is 1.25. The molecule has 0 radical (unpaired) electrons. The van der Waals surface area contributed by atoms with Crippen molar-refractivity contribution in [3.63, 3.8) is 0 Å². The highest BCUT2D eigenvalue weighted by atomic mass is 32.1. The molecule has 0 amide bonds. The minimum absolute atomic E-state index is 1.05. The number of thiophene rings is 1.